The Balaban J connectivity index is 1.69. The number of hydrazone groups is 1. The molecule has 1 heterocycles. The second-order valence-electron chi connectivity index (χ2n) is 4.99. The first-order valence-corrected chi connectivity index (χ1v) is 7.14. The van der Waals surface area contributed by atoms with Crippen LogP contribution in [-0.2, 0) is 4.79 Å². The Morgan fingerprint density at radius 1 is 1.14 bits per heavy atom. The van der Waals surface area contributed by atoms with Crippen molar-refractivity contribution in [2.75, 3.05) is 19.6 Å². The Morgan fingerprint density at radius 2 is 1.86 bits per heavy atom. The number of carbonyl (C=O) groups is 2. The van der Waals surface area contributed by atoms with Crippen molar-refractivity contribution in [1.29, 1.82) is 0 Å². The number of hydrogen-bond donors (Lipinski definition) is 2. The van der Waals surface area contributed by atoms with E-state index in [1.807, 2.05) is 30.3 Å². The minimum atomic E-state index is -0.607. The number of rotatable bonds is 4. The molecule has 0 unspecified atom stereocenters. The summed E-state index contributed by atoms with van der Waals surface area (Å²) in [5, 5.41) is 6.06. The highest BCUT2D eigenvalue weighted by atomic mass is 16.2. The fourth-order valence-corrected chi connectivity index (χ4v) is 2.22. The van der Waals surface area contributed by atoms with Gasteiger partial charge in [0.2, 0.25) is 5.91 Å². The molecule has 0 aliphatic carbocycles. The normalized spacial score (nSPS) is 15.8. The summed E-state index contributed by atoms with van der Waals surface area (Å²) in [4.78, 5) is 25.3. The van der Waals surface area contributed by atoms with E-state index in [-0.39, 0.29) is 12.5 Å². The van der Waals surface area contributed by atoms with Crippen LogP contribution in [0.4, 0.5) is 4.79 Å². The van der Waals surface area contributed by atoms with Crippen molar-refractivity contribution in [2.24, 2.45) is 5.10 Å². The molecule has 0 spiro atoms. The van der Waals surface area contributed by atoms with Gasteiger partial charge in [-0.15, -0.1) is 0 Å². The zero-order chi connectivity index (χ0) is 14.9. The molecule has 2 rings (SSSR count). The van der Waals surface area contributed by atoms with Crippen molar-refractivity contribution in [3.05, 3.63) is 35.9 Å². The maximum atomic E-state index is 11.7. The van der Waals surface area contributed by atoms with Crippen LogP contribution in [0.15, 0.2) is 35.4 Å². The monoisotopic (exact) mass is 288 g/mol. The van der Waals surface area contributed by atoms with E-state index in [2.05, 4.69) is 20.7 Å². The molecule has 1 saturated heterocycles. The summed E-state index contributed by atoms with van der Waals surface area (Å²) in [7, 11) is 0. The molecule has 3 amide bonds. The maximum Gasteiger partial charge on any atom is 0.341 e. The zero-order valence-corrected chi connectivity index (χ0v) is 11.9. The lowest BCUT2D eigenvalue weighted by Gasteiger charge is -2.25. The first kappa shape index (κ1) is 15.2. The SMILES string of the molecule is O=C(CN1CCCCC1)NC(=O)NN=Cc1ccccc1. The molecule has 0 aromatic heterocycles. The molecule has 1 fully saturated rings. The van der Waals surface area contributed by atoms with E-state index < -0.39 is 6.03 Å². The van der Waals surface area contributed by atoms with Gasteiger partial charge in [-0.05, 0) is 31.5 Å². The first-order valence-electron chi connectivity index (χ1n) is 7.14. The highest BCUT2D eigenvalue weighted by molar-refractivity contribution is 5.95. The Hall–Kier alpha value is -2.21. The number of nitrogens with one attached hydrogen (secondary N) is 2. The summed E-state index contributed by atoms with van der Waals surface area (Å²) in [5.41, 5.74) is 3.15. The summed E-state index contributed by atoms with van der Waals surface area (Å²) >= 11 is 0. The number of nitrogens with zero attached hydrogens (tertiary/aromatic N) is 2. The lowest BCUT2D eigenvalue weighted by Crippen LogP contribution is -2.44. The molecular weight excluding hydrogens is 268 g/mol. The van der Waals surface area contributed by atoms with Crippen LogP contribution in [0.1, 0.15) is 24.8 Å². The molecule has 112 valence electrons. The Kier molecular flexibility index (Phi) is 5.90. The molecule has 6 nitrogen and oxygen atoms in total. The molecular formula is C15H20N4O2. The number of likely N-dealkylation sites (tertiary alicyclic amines) is 1. The molecule has 0 saturated carbocycles. The number of urea groups is 1. The van der Waals surface area contributed by atoms with E-state index >= 15 is 0 Å². The van der Waals surface area contributed by atoms with Crippen LogP contribution in [0.25, 0.3) is 0 Å². The van der Waals surface area contributed by atoms with E-state index in [1.54, 1.807) is 0 Å². The molecule has 1 aliphatic rings. The van der Waals surface area contributed by atoms with Crippen LogP contribution in [-0.4, -0.2) is 42.7 Å². The number of carbonyl (C=O) groups excluding carboxylic acids is 2. The fraction of sp³-hybridized carbons (Fsp3) is 0.400. The van der Waals surface area contributed by atoms with Crippen molar-refractivity contribution < 1.29 is 9.59 Å². The summed E-state index contributed by atoms with van der Waals surface area (Å²) in [6.07, 6.45) is 4.96. The van der Waals surface area contributed by atoms with Crippen LogP contribution in [0.5, 0.6) is 0 Å². The van der Waals surface area contributed by atoms with E-state index in [4.69, 9.17) is 0 Å². The Morgan fingerprint density at radius 3 is 2.57 bits per heavy atom. The Bertz CT molecular complexity index is 496. The van der Waals surface area contributed by atoms with Gasteiger partial charge >= 0.3 is 6.03 Å². The lowest BCUT2D eigenvalue weighted by atomic mass is 10.1. The van der Waals surface area contributed by atoms with Crippen molar-refractivity contribution in [1.82, 2.24) is 15.6 Å². The van der Waals surface area contributed by atoms with Crippen LogP contribution < -0.4 is 10.7 Å². The van der Waals surface area contributed by atoms with E-state index in [0.717, 1.165) is 31.5 Å². The van der Waals surface area contributed by atoms with E-state index in [1.165, 1.54) is 12.6 Å². The number of hydrogen-bond acceptors (Lipinski definition) is 4. The number of amides is 3. The van der Waals surface area contributed by atoms with E-state index in [9.17, 15) is 9.59 Å². The minimum absolute atomic E-state index is 0.260. The van der Waals surface area contributed by atoms with Crippen molar-refractivity contribution in [2.45, 2.75) is 19.3 Å². The predicted octanol–water partition coefficient (Wildman–Crippen LogP) is 1.33. The van der Waals surface area contributed by atoms with Crippen LogP contribution in [0.2, 0.25) is 0 Å². The third-order valence-electron chi connectivity index (χ3n) is 3.25. The predicted molar refractivity (Wildman–Crippen MR) is 81.0 cm³/mol. The van der Waals surface area contributed by atoms with Crippen LogP contribution >= 0.6 is 0 Å². The van der Waals surface area contributed by atoms with Gasteiger partial charge in [0, 0.05) is 0 Å². The van der Waals surface area contributed by atoms with Crippen LogP contribution in [0, 0.1) is 0 Å². The third-order valence-corrected chi connectivity index (χ3v) is 3.25. The largest absolute Gasteiger partial charge is 0.341 e. The molecule has 0 radical (unpaired) electrons. The average Bonchev–Trinajstić information content (AvgIpc) is 2.49. The quantitative estimate of drug-likeness (QED) is 0.648. The lowest BCUT2D eigenvalue weighted by molar-refractivity contribution is -0.121. The smallest absolute Gasteiger partial charge is 0.295 e. The van der Waals surface area contributed by atoms with Crippen molar-refractivity contribution in [3.63, 3.8) is 0 Å². The highest BCUT2D eigenvalue weighted by Crippen LogP contribution is 2.07. The summed E-state index contributed by atoms with van der Waals surface area (Å²) < 4.78 is 0. The van der Waals surface area contributed by atoms with Gasteiger partial charge in [0.05, 0.1) is 12.8 Å². The maximum absolute atomic E-state index is 11.7. The molecule has 1 aromatic carbocycles. The average molecular weight is 288 g/mol. The Labute approximate surface area is 124 Å². The van der Waals surface area contributed by atoms with Gasteiger partial charge in [-0.2, -0.15) is 5.10 Å². The standard InChI is InChI=1S/C15H20N4O2/c20-14(12-19-9-5-2-6-10-19)17-15(21)18-16-11-13-7-3-1-4-8-13/h1,3-4,7-8,11H,2,5-6,9-10,12H2,(H2,17,18,20,21). The van der Waals surface area contributed by atoms with Gasteiger partial charge in [-0.1, -0.05) is 36.8 Å². The fourth-order valence-electron chi connectivity index (χ4n) is 2.22. The molecule has 6 heteroatoms. The summed E-state index contributed by atoms with van der Waals surface area (Å²) in [5.74, 6) is -0.302. The van der Waals surface area contributed by atoms with Crippen LogP contribution in [0.3, 0.4) is 0 Å². The van der Waals surface area contributed by atoms with Gasteiger partial charge in [-0.25, -0.2) is 10.2 Å². The molecule has 0 atom stereocenters. The van der Waals surface area contributed by atoms with Gasteiger partial charge in [0.15, 0.2) is 0 Å². The number of piperidine rings is 1. The molecule has 2 N–H and O–H groups in total. The molecule has 1 aliphatic heterocycles. The zero-order valence-electron chi connectivity index (χ0n) is 11.9. The number of benzene rings is 1. The molecule has 1 aromatic rings. The summed E-state index contributed by atoms with van der Waals surface area (Å²) in [6.45, 7) is 2.10. The summed E-state index contributed by atoms with van der Waals surface area (Å²) in [6, 6.07) is 8.78. The van der Waals surface area contributed by atoms with Gasteiger partial charge in [0.25, 0.3) is 0 Å². The van der Waals surface area contributed by atoms with Crippen molar-refractivity contribution in [3.8, 4) is 0 Å². The molecule has 21 heavy (non-hydrogen) atoms. The topological polar surface area (TPSA) is 73.8 Å². The minimum Gasteiger partial charge on any atom is -0.295 e. The van der Waals surface area contributed by atoms with Gasteiger partial charge < -0.3 is 0 Å². The number of imide groups is 1. The molecule has 0 bridgehead atoms. The third kappa shape index (κ3) is 5.74. The highest BCUT2D eigenvalue weighted by Gasteiger charge is 2.15. The van der Waals surface area contributed by atoms with E-state index in [0.29, 0.717) is 0 Å². The van der Waals surface area contributed by atoms with Crippen molar-refractivity contribution >= 4 is 18.2 Å². The second kappa shape index (κ2) is 8.16. The van der Waals surface area contributed by atoms with Gasteiger partial charge in [-0.3, -0.25) is 15.0 Å². The van der Waals surface area contributed by atoms with Gasteiger partial charge in [0.1, 0.15) is 0 Å². The first-order chi connectivity index (χ1) is 10.2. The second-order valence-corrected chi connectivity index (χ2v) is 4.99.